The minimum Gasteiger partial charge on any atom is -0.481 e. The molecule has 1 N–H and O–H groups in total. The van der Waals surface area contributed by atoms with Crippen molar-refractivity contribution in [2.75, 3.05) is 0 Å². The highest BCUT2D eigenvalue weighted by atomic mass is 16.4. The van der Waals surface area contributed by atoms with Crippen LogP contribution in [0.25, 0.3) is 0 Å². The standard InChI is InChI=1S/C15H24N2O3/c1-6-7-10(3)17-12(5)13(8-9(2)14(18)19)11(4)16-15(17)20/h9-10H,6-8H2,1-5H3,(H,18,19). The molecule has 0 aliphatic rings. The summed E-state index contributed by atoms with van der Waals surface area (Å²) in [5, 5.41) is 9.05. The monoisotopic (exact) mass is 280 g/mol. The van der Waals surface area contributed by atoms with Gasteiger partial charge in [-0.1, -0.05) is 20.3 Å². The van der Waals surface area contributed by atoms with Gasteiger partial charge in [0, 0.05) is 17.4 Å². The zero-order chi connectivity index (χ0) is 15.4. The Morgan fingerprint density at radius 1 is 1.35 bits per heavy atom. The van der Waals surface area contributed by atoms with E-state index in [1.54, 1.807) is 18.4 Å². The highest BCUT2D eigenvalue weighted by Crippen LogP contribution is 2.19. The Hall–Kier alpha value is -1.65. The first-order valence-electron chi connectivity index (χ1n) is 7.11. The average Bonchev–Trinajstić information content (AvgIpc) is 2.33. The van der Waals surface area contributed by atoms with Crippen molar-refractivity contribution in [2.24, 2.45) is 5.92 Å². The van der Waals surface area contributed by atoms with Crippen LogP contribution in [0.1, 0.15) is 56.6 Å². The maximum atomic E-state index is 12.1. The highest BCUT2D eigenvalue weighted by molar-refractivity contribution is 5.70. The first-order chi connectivity index (χ1) is 9.29. The lowest BCUT2D eigenvalue weighted by molar-refractivity contribution is -0.141. The minimum absolute atomic E-state index is 0.0829. The summed E-state index contributed by atoms with van der Waals surface area (Å²) in [5.74, 6) is -1.32. The second-order valence-electron chi connectivity index (χ2n) is 5.49. The Bertz CT molecular complexity index is 549. The molecule has 0 radical (unpaired) electrons. The van der Waals surface area contributed by atoms with Gasteiger partial charge < -0.3 is 5.11 Å². The molecule has 2 atom stereocenters. The van der Waals surface area contributed by atoms with E-state index in [1.165, 1.54) is 0 Å². The molecule has 2 unspecified atom stereocenters. The van der Waals surface area contributed by atoms with Crippen LogP contribution in [0.5, 0.6) is 0 Å². The zero-order valence-corrected chi connectivity index (χ0v) is 12.9. The molecule has 20 heavy (non-hydrogen) atoms. The second kappa shape index (κ2) is 6.68. The number of aromatic nitrogens is 2. The van der Waals surface area contributed by atoms with Crippen molar-refractivity contribution in [1.29, 1.82) is 0 Å². The minimum atomic E-state index is -0.830. The lowest BCUT2D eigenvalue weighted by atomic mass is 9.98. The van der Waals surface area contributed by atoms with E-state index >= 15 is 0 Å². The van der Waals surface area contributed by atoms with Crippen molar-refractivity contribution in [3.05, 3.63) is 27.4 Å². The molecular weight excluding hydrogens is 256 g/mol. The van der Waals surface area contributed by atoms with Gasteiger partial charge in [0.2, 0.25) is 0 Å². The maximum Gasteiger partial charge on any atom is 0.348 e. The molecule has 0 fully saturated rings. The number of rotatable bonds is 6. The van der Waals surface area contributed by atoms with Gasteiger partial charge in [0.25, 0.3) is 0 Å². The van der Waals surface area contributed by atoms with Crippen LogP contribution in [0.3, 0.4) is 0 Å². The van der Waals surface area contributed by atoms with Gasteiger partial charge in [0.1, 0.15) is 0 Å². The van der Waals surface area contributed by atoms with Crippen LogP contribution in [-0.4, -0.2) is 20.6 Å². The zero-order valence-electron chi connectivity index (χ0n) is 12.9. The fourth-order valence-corrected chi connectivity index (χ4v) is 2.57. The Morgan fingerprint density at radius 3 is 2.45 bits per heavy atom. The quantitative estimate of drug-likeness (QED) is 0.869. The third kappa shape index (κ3) is 3.46. The van der Waals surface area contributed by atoms with Crippen molar-refractivity contribution in [2.45, 2.75) is 59.9 Å². The molecule has 5 heteroatoms. The molecule has 1 aromatic heterocycles. The number of carbonyl (C=O) groups is 1. The molecule has 0 aliphatic heterocycles. The molecule has 1 rings (SSSR count). The molecule has 0 saturated carbocycles. The Morgan fingerprint density at radius 2 is 1.95 bits per heavy atom. The summed E-state index contributed by atoms with van der Waals surface area (Å²) >= 11 is 0. The molecule has 0 aromatic carbocycles. The van der Waals surface area contributed by atoms with E-state index < -0.39 is 11.9 Å². The van der Waals surface area contributed by atoms with E-state index in [-0.39, 0.29) is 11.7 Å². The largest absolute Gasteiger partial charge is 0.481 e. The second-order valence-corrected chi connectivity index (χ2v) is 5.49. The smallest absolute Gasteiger partial charge is 0.348 e. The maximum absolute atomic E-state index is 12.1. The predicted molar refractivity (Wildman–Crippen MR) is 78.1 cm³/mol. The van der Waals surface area contributed by atoms with Crippen molar-refractivity contribution in [1.82, 2.24) is 9.55 Å². The molecule has 0 spiro atoms. The van der Waals surface area contributed by atoms with E-state index in [0.717, 1.165) is 24.1 Å². The fraction of sp³-hybridized carbons (Fsp3) is 0.667. The average molecular weight is 280 g/mol. The van der Waals surface area contributed by atoms with Crippen LogP contribution in [0.2, 0.25) is 0 Å². The van der Waals surface area contributed by atoms with Gasteiger partial charge in [0.15, 0.2) is 0 Å². The summed E-state index contributed by atoms with van der Waals surface area (Å²) in [7, 11) is 0. The third-order valence-corrected chi connectivity index (χ3v) is 3.78. The summed E-state index contributed by atoms with van der Waals surface area (Å²) < 4.78 is 1.69. The van der Waals surface area contributed by atoms with Gasteiger partial charge in [0.05, 0.1) is 5.92 Å². The van der Waals surface area contributed by atoms with Crippen LogP contribution >= 0.6 is 0 Å². The van der Waals surface area contributed by atoms with Gasteiger partial charge in [-0.05, 0) is 39.2 Å². The third-order valence-electron chi connectivity index (χ3n) is 3.78. The van der Waals surface area contributed by atoms with Crippen LogP contribution in [-0.2, 0) is 11.2 Å². The van der Waals surface area contributed by atoms with E-state index in [4.69, 9.17) is 5.11 Å². The summed E-state index contributed by atoms with van der Waals surface area (Å²) in [5.41, 5.74) is 2.12. The lowest BCUT2D eigenvalue weighted by Gasteiger charge is -2.21. The molecule has 0 aliphatic carbocycles. The van der Waals surface area contributed by atoms with Crippen LogP contribution < -0.4 is 5.69 Å². The van der Waals surface area contributed by atoms with Gasteiger partial charge in [-0.15, -0.1) is 0 Å². The number of carboxylic acid groups (broad SMARTS) is 1. The summed E-state index contributed by atoms with van der Waals surface area (Å²) in [6.45, 7) is 9.40. The summed E-state index contributed by atoms with van der Waals surface area (Å²) in [4.78, 5) is 27.2. The SMILES string of the molecule is CCCC(C)n1c(C)c(CC(C)C(=O)O)c(C)nc1=O. The van der Waals surface area contributed by atoms with E-state index in [2.05, 4.69) is 11.9 Å². The molecule has 0 bridgehead atoms. The Balaban J connectivity index is 3.29. The van der Waals surface area contributed by atoms with Crippen molar-refractivity contribution < 1.29 is 9.90 Å². The molecule has 0 amide bonds. The van der Waals surface area contributed by atoms with Crippen molar-refractivity contribution in [3.63, 3.8) is 0 Å². The number of aliphatic carboxylic acids is 1. The molecular formula is C15H24N2O3. The molecule has 1 aromatic rings. The normalized spacial score (nSPS) is 14.1. The number of hydrogen-bond donors (Lipinski definition) is 1. The number of nitrogens with zero attached hydrogens (tertiary/aromatic N) is 2. The molecule has 5 nitrogen and oxygen atoms in total. The Kier molecular flexibility index (Phi) is 5.48. The lowest BCUT2D eigenvalue weighted by Crippen LogP contribution is -2.31. The molecule has 0 saturated heterocycles. The van der Waals surface area contributed by atoms with Crippen LogP contribution in [0, 0.1) is 19.8 Å². The van der Waals surface area contributed by atoms with Crippen LogP contribution in [0.4, 0.5) is 0 Å². The van der Waals surface area contributed by atoms with Gasteiger partial charge in [-0.3, -0.25) is 9.36 Å². The van der Waals surface area contributed by atoms with Crippen molar-refractivity contribution in [3.8, 4) is 0 Å². The van der Waals surface area contributed by atoms with E-state index in [9.17, 15) is 9.59 Å². The van der Waals surface area contributed by atoms with E-state index in [0.29, 0.717) is 12.1 Å². The van der Waals surface area contributed by atoms with Crippen LogP contribution in [0.15, 0.2) is 4.79 Å². The van der Waals surface area contributed by atoms with Gasteiger partial charge >= 0.3 is 11.7 Å². The van der Waals surface area contributed by atoms with Gasteiger partial charge in [-0.25, -0.2) is 4.79 Å². The number of aryl methyl sites for hydroxylation is 1. The number of hydrogen-bond acceptors (Lipinski definition) is 3. The topological polar surface area (TPSA) is 72.2 Å². The summed E-state index contributed by atoms with van der Waals surface area (Å²) in [6, 6.07) is 0.0829. The fourth-order valence-electron chi connectivity index (χ4n) is 2.57. The number of carboxylic acids is 1. The first-order valence-corrected chi connectivity index (χ1v) is 7.11. The van der Waals surface area contributed by atoms with Gasteiger partial charge in [-0.2, -0.15) is 4.98 Å². The summed E-state index contributed by atoms with van der Waals surface area (Å²) in [6.07, 6.45) is 2.29. The predicted octanol–water partition coefficient (Wildman–Crippen LogP) is 2.48. The van der Waals surface area contributed by atoms with E-state index in [1.807, 2.05) is 13.8 Å². The molecule has 1 heterocycles. The highest BCUT2D eigenvalue weighted by Gasteiger charge is 2.19. The van der Waals surface area contributed by atoms with Crippen molar-refractivity contribution >= 4 is 5.97 Å². The first kappa shape index (κ1) is 16.4. The Labute approximate surface area is 119 Å². The molecule has 112 valence electrons.